The van der Waals surface area contributed by atoms with Crippen molar-refractivity contribution in [3.63, 3.8) is 0 Å². The third-order valence-electron chi connectivity index (χ3n) is 5.96. The molecule has 0 unspecified atom stereocenters. The van der Waals surface area contributed by atoms with E-state index < -0.39 is 0 Å². The van der Waals surface area contributed by atoms with Crippen LogP contribution in [0.5, 0.6) is 0 Å². The molecule has 3 aromatic carbocycles. The minimum absolute atomic E-state index is 0.0399. The summed E-state index contributed by atoms with van der Waals surface area (Å²) in [5, 5.41) is 7.78. The SMILES string of the molecule is O=C(Cc1cccc(Cl)c1)NCc1ccc(CNc2cc(-c3ccccc3Cl)nc3c(Br)ccn23)cc1. The van der Waals surface area contributed by atoms with Crippen molar-refractivity contribution < 1.29 is 4.79 Å². The zero-order chi connectivity index (χ0) is 25.8. The van der Waals surface area contributed by atoms with Crippen molar-refractivity contribution in [2.45, 2.75) is 19.5 Å². The number of anilines is 1. The Bertz CT molecular complexity index is 1570. The van der Waals surface area contributed by atoms with Crippen molar-refractivity contribution >= 4 is 56.5 Å². The van der Waals surface area contributed by atoms with Crippen LogP contribution in [-0.2, 0) is 24.3 Å². The second-order valence-corrected chi connectivity index (χ2v) is 10.3. The third kappa shape index (κ3) is 6.16. The van der Waals surface area contributed by atoms with Crippen molar-refractivity contribution in [3.8, 4) is 11.3 Å². The molecule has 5 rings (SSSR count). The summed E-state index contributed by atoms with van der Waals surface area (Å²) in [7, 11) is 0. The van der Waals surface area contributed by atoms with Crippen molar-refractivity contribution in [1.82, 2.24) is 14.7 Å². The Labute approximate surface area is 233 Å². The van der Waals surface area contributed by atoms with Gasteiger partial charge in [0.1, 0.15) is 5.82 Å². The first-order valence-corrected chi connectivity index (χ1v) is 13.3. The fraction of sp³-hybridized carbons (Fsp3) is 0.103. The molecule has 5 nitrogen and oxygen atoms in total. The summed E-state index contributed by atoms with van der Waals surface area (Å²) >= 11 is 16.0. The van der Waals surface area contributed by atoms with Gasteiger partial charge in [-0.25, -0.2) is 4.98 Å². The number of nitrogens with zero attached hydrogens (tertiary/aromatic N) is 2. The summed E-state index contributed by atoms with van der Waals surface area (Å²) in [5.41, 5.74) is 5.52. The van der Waals surface area contributed by atoms with Gasteiger partial charge in [0.15, 0.2) is 5.65 Å². The Kier molecular flexibility index (Phi) is 7.79. The van der Waals surface area contributed by atoms with Gasteiger partial charge >= 0.3 is 0 Å². The number of benzene rings is 3. The quantitative estimate of drug-likeness (QED) is 0.195. The minimum Gasteiger partial charge on any atom is -0.367 e. The molecule has 0 fully saturated rings. The molecule has 0 aliphatic rings. The van der Waals surface area contributed by atoms with Crippen LogP contribution in [0.1, 0.15) is 16.7 Å². The second-order valence-electron chi connectivity index (χ2n) is 8.62. The second kappa shape index (κ2) is 11.4. The van der Waals surface area contributed by atoms with Crippen LogP contribution in [0.4, 0.5) is 5.82 Å². The van der Waals surface area contributed by atoms with Crippen LogP contribution in [0, 0.1) is 0 Å². The highest BCUT2D eigenvalue weighted by molar-refractivity contribution is 9.10. The van der Waals surface area contributed by atoms with Gasteiger partial charge in [-0.15, -0.1) is 0 Å². The maximum atomic E-state index is 12.3. The van der Waals surface area contributed by atoms with Crippen molar-refractivity contribution in [1.29, 1.82) is 0 Å². The Morgan fingerprint density at radius 2 is 1.62 bits per heavy atom. The van der Waals surface area contributed by atoms with Gasteiger partial charge < -0.3 is 10.6 Å². The lowest BCUT2D eigenvalue weighted by atomic mass is 10.1. The lowest BCUT2D eigenvalue weighted by Gasteiger charge is -2.13. The summed E-state index contributed by atoms with van der Waals surface area (Å²) in [6.07, 6.45) is 2.27. The molecule has 8 heteroatoms. The van der Waals surface area contributed by atoms with Gasteiger partial charge in [-0.05, 0) is 56.9 Å². The molecule has 186 valence electrons. The summed E-state index contributed by atoms with van der Waals surface area (Å²) in [6.45, 7) is 1.09. The number of aromatic nitrogens is 2. The maximum Gasteiger partial charge on any atom is 0.224 e. The molecule has 0 saturated carbocycles. The van der Waals surface area contributed by atoms with E-state index in [0.717, 1.165) is 43.9 Å². The van der Waals surface area contributed by atoms with Gasteiger partial charge in [0.05, 0.1) is 16.6 Å². The highest BCUT2D eigenvalue weighted by Crippen LogP contribution is 2.31. The monoisotopic (exact) mass is 592 g/mol. The third-order valence-corrected chi connectivity index (χ3v) is 7.14. The van der Waals surface area contributed by atoms with Gasteiger partial charge in [0.2, 0.25) is 5.91 Å². The summed E-state index contributed by atoms with van der Waals surface area (Å²) in [6, 6.07) is 27.2. The van der Waals surface area contributed by atoms with E-state index in [1.54, 1.807) is 6.07 Å². The van der Waals surface area contributed by atoms with E-state index in [-0.39, 0.29) is 5.91 Å². The molecule has 0 radical (unpaired) electrons. The average molecular weight is 594 g/mol. The van der Waals surface area contributed by atoms with Crippen LogP contribution in [0.3, 0.4) is 0 Å². The highest BCUT2D eigenvalue weighted by Gasteiger charge is 2.12. The average Bonchev–Trinajstić information content (AvgIpc) is 3.27. The molecule has 0 saturated heterocycles. The summed E-state index contributed by atoms with van der Waals surface area (Å²) < 4.78 is 2.92. The fourth-order valence-corrected chi connectivity index (χ4v) is 4.90. The molecule has 0 bridgehead atoms. The van der Waals surface area contributed by atoms with Gasteiger partial charge in [-0.3, -0.25) is 9.20 Å². The van der Waals surface area contributed by atoms with E-state index in [4.69, 9.17) is 28.2 Å². The zero-order valence-electron chi connectivity index (χ0n) is 19.7. The molecule has 2 heterocycles. The number of hydrogen-bond donors (Lipinski definition) is 2. The Balaban J connectivity index is 1.24. The Morgan fingerprint density at radius 3 is 2.38 bits per heavy atom. The van der Waals surface area contributed by atoms with Crippen molar-refractivity contribution in [2.75, 3.05) is 5.32 Å². The van der Waals surface area contributed by atoms with E-state index in [0.29, 0.717) is 29.6 Å². The standard InChI is InChI=1S/C29H23BrCl2N4O/c30-24-12-13-36-27(16-26(35-29(24)36)23-6-1-2-7-25(23)32)33-17-19-8-10-20(11-9-19)18-34-28(37)15-21-4-3-5-22(31)14-21/h1-14,16,33H,15,17-18H2,(H,34,37). The summed E-state index contributed by atoms with van der Waals surface area (Å²) in [4.78, 5) is 17.1. The first-order valence-electron chi connectivity index (χ1n) is 11.7. The van der Waals surface area contributed by atoms with Crippen LogP contribution in [0.25, 0.3) is 16.9 Å². The van der Waals surface area contributed by atoms with Gasteiger partial charge in [-0.1, -0.05) is 77.8 Å². The highest BCUT2D eigenvalue weighted by atomic mass is 79.9. The van der Waals surface area contributed by atoms with E-state index in [9.17, 15) is 4.79 Å². The smallest absolute Gasteiger partial charge is 0.224 e. The predicted molar refractivity (Wildman–Crippen MR) is 154 cm³/mol. The van der Waals surface area contributed by atoms with Gasteiger partial charge in [0, 0.05) is 41.0 Å². The first kappa shape index (κ1) is 25.3. The van der Waals surface area contributed by atoms with E-state index in [1.165, 1.54) is 0 Å². The number of halogens is 3. The molecular weight excluding hydrogens is 571 g/mol. The van der Waals surface area contributed by atoms with E-state index in [1.807, 2.05) is 77.3 Å². The Morgan fingerprint density at radius 1 is 0.865 bits per heavy atom. The maximum absolute atomic E-state index is 12.3. The van der Waals surface area contributed by atoms with Gasteiger partial charge in [0.25, 0.3) is 0 Å². The number of fused-ring (bicyclic) bond motifs is 1. The normalized spacial score (nSPS) is 11.0. The molecule has 37 heavy (non-hydrogen) atoms. The number of carbonyl (C=O) groups is 1. The number of rotatable bonds is 8. The molecule has 2 N–H and O–H groups in total. The van der Waals surface area contributed by atoms with E-state index >= 15 is 0 Å². The fourth-order valence-electron chi connectivity index (χ4n) is 4.05. The van der Waals surface area contributed by atoms with Crippen LogP contribution in [0.2, 0.25) is 10.0 Å². The number of amides is 1. The Hall–Kier alpha value is -3.32. The minimum atomic E-state index is -0.0399. The lowest BCUT2D eigenvalue weighted by Crippen LogP contribution is -2.24. The topological polar surface area (TPSA) is 58.4 Å². The molecule has 1 amide bonds. The van der Waals surface area contributed by atoms with Crippen LogP contribution >= 0.6 is 39.1 Å². The molecule has 0 aliphatic carbocycles. The van der Waals surface area contributed by atoms with E-state index in [2.05, 4.69) is 38.7 Å². The van der Waals surface area contributed by atoms with Crippen molar-refractivity contribution in [3.05, 3.63) is 122 Å². The first-order chi connectivity index (χ1) is 18.0. The summed E-state index contributed by atoms with van der Waals surface area (Å²) in [5.74, 6) is 0.866. The number of carbonyl (C=O) groups excluding carboxylic acids is 1. The molecule has 0 atom stereocenters. The lowest BCUT2D eigenvalue weighted by molar-refractivity contribution is -0.120. The predicted octanol–water partition coefficient (Wildman–Crippen LogP) is 7.54. The van der Waals surface area contributed by atoms with Gasteiger partial charge in [-0.2, -0.15) is 0 Å². The van der Waals surface area contributed by atoms with Crippen LogP contribution in [0.15, 0.2) is 95.6 Å². The number of nitrogens with one attached hydrogen (secondary N) is 2. The zero-order valence-corrected chi connectivity index (χ0v) is 22.8. The molecule has 0 aliphatic heterocycles. The van der Waals surface area contributed by atoms with Crippen LogP contribution < -0.4 is 10.6 Å². The molecule has 0 spiro atoms. The molecule has 5 aromatic rings. The number of hydrogen-bond acceptors (Lipinski definition) is 3. The van der Waals surface area contributed by atoms with Crippen LogP contribution in [-0.4, -0.2) is 15.3 Å². The largest absolute Gasteiger partial charge is 0.367 e. The van der Waals surface area contributed by atoms with Crippen molar-refractivity contribution in [2.24, 2.45) is 0 Å². The molecule has 2 aromatic heterocycles. The molecular formula is C29H23BrCl2N4O.